The average molecular weight is 630 g/mol. The van der Waals surface area contributed by atoms with E-state index in [9.17, 15) is 24.0 Å². The van der Waals surface area contributed by atoms with Crippen molar-refractivity contribution in [1.29, 1.82) is 0 Å². The van der Waals surface area contributed by atoms with E-state index < -0.39 is 79.2 Å². The molecule has 45 heavy (non-hydrogen) atoms. The van der Waals surface area contributed by atoms with Crippen LogP contribution in [0.4, 0.5) is 0 Å². The third-order valence-corrected chi connectivity index (χ3v) is 6.82. The molecule has 0 saturated carbocycles. The van der Waals surface area contributed by atoms with Gasteiger partial charge in [0.2, 0.25) is 6.79 Å². The molecule has 0 radical (unpaired) electrons. The Labute approximate surface area is 261 Å². The highest BCUT2D eigenvalue weighted by atomic mass is 16.7. The number of cyclic esters (lactones) is 2. The second-order valence-electron chi connectivity index (χ2n) is 10.9. The van der Waals surface area contributed by atoms with Crippen LogP contribution >= 0.6 is 0 Å². The minimum Gasteiger partial charge on any atom is -0.493 e. The molecule has 4 atom stereocenters. The molecule has 0 spiro atoms. The molecule has 244 valence electrons. The molecule has 14 heteroatoms. The number of aryl methyl sites for hydroxylation is 1. The Bertz CT molecular complexity index is 1350. The summed E-state index contributed by atoms with van der Waals surface area (Å²) in [5.74, 6) is -5.60. The van der Waals surface area contributed by atoms with Crippen molar-refractivity contribution in [1.82, 2.24) is 15.3 Å². The lowest BCUT2D eigenvalue weighted by Gasteiger charge is -2.29. The van der Waals surface area contributed by atoms with E-state index in [4.69, 9.17) is 28.4 Å². The van der Waals surface area contributed by atoms with E-state index in [0.29, 0.717) is 6.42 Å². The zero-order valence-electron chi connectivity index (χ0n) is 26.1. The number of esters is 4. The van der Waals surface area contributed by atoms with Crippen LogP contribution in [0.15, 0.2) is 36.8 Å². The standard InChI is InChI=1S/C31H39N3O11/c1-17(2)28(36)43-16-42-26-23(40-6)11-13-33-24(26)27(35)34-22-15-41-30(38)21(10-9-20-8-7-12-32-14-20)25(19(5)44-31(22)39)45-29(37)18(3)4/h7-8,11-14,17-19,21-22,25H,9-10,15-16H2,1-6H3,(H,34,35)/t19-,21+,22-,25-/m0/s1. The minimum absolute atomic E-state index is 0.110. The van der Waals surface area contributed by atoms with Crippen LogP contribution in [-0.4, -0.2) is 78.5 Å². The van der Waals surface area contributed by atoms with Gasteiger partial charge in [0.05, 0.1) is 24.9 Å². The molecule has 1 aliphatic rings. The number of hydrogen-bond acceptors (Lipinski definition) is 13. The first-order valence-electron chi connectivity index (χ1n) is 14.5. The number of nitrogens with one attached hydrogen (secondary N) is 1. The number of methoxy groups -OCH3 is 1. The molecule has 1 fully saturated rings. The second-order valence-corrected chi connectivity index (χ2v) is 10.9. The topological polar surface area (TPSA) is 179 Å². The maximum Gasteiger partial charge on any atom is 0.332 e. The highest BCUT2D eigenvalue weighted by Gasteiger charge is 2.42. The van der Waals surface area contributed by atoms with Crippen molar-refractivity contribution in [3.63, 3.8) is 0 Å². The summed E-state index contributed by atoms with van der Waals surface area (Å²) in [6.45, 7) is 6.97. The molecule has 1 N–H and O–H groups in total. The number of aromatic nitrogens is 2. The summed E-state index contributed by atoms with van der Waals surface area (Å²) in [5, 5.41) is 2.46. The van der Waals surface area contributed by atoms with Crippen LogP contribution in [0.3, 0.4) is 0 Å². The van der Waals surface area contributed by atoms with Crippen molar-refractivity contribution in [2.45, 2.75) is 65.7 Å². The number of carbonyl (C=O) groups excluding carboxylic acids is 5. The largest absolute Gasteiger partial charge is 0.493 e. The summed E-state index contributed by atoms with van der Waals surface area (Å²) < 4.78 is 32.6. The zero-order chi connectivity index (χ0) is 33.1. The van der Waals surface area contributed by atoms with Crippen LogP contribution < -0.4 is 14.8 Å². The third-order valence-electron chi connectivity index (χ3n) is 6.82. The first kappa shape index (κ1) is 34.7. The molecule has 2 aromatic rings. The van der Waals surface area contributed by atoms with E-state index >= 15 is 0 Å². The maximum atomic E-state index is 13.4. The second kappa shape index (κ2) is 16.4. The van der Waals surface area contributed by atoms with E-state index in [-0.39, 0.29) is 23.6 Å². The molecule has 0 aromatic carbocycles. The molecule has 1 aliphatic heterocycles. The number of pyridine rings is 2. The fourth-order valence-corrected chi connectivity index (χ4v) is 4.27. The van der Waals surface area contributed by atoms with E-state index in [2.05, 4.69) is 15.3 Å². The van der Waals surface area contributed by atoms with Crippen molar-refractivity contribution >= 4 is 29.8 Å². The number of hydrogen-bond donors (Lipinski definition) is 1. The number of rotatable bonds is 12. The van der Waals surface area contributed by atoms with Crippen LogP contribution in [0.25, 0.3) is 0 Å². The van der Waals surface area contributed by atoms with Crippen molar-refractivity contribution in [3.8, 4) is 11.5 Å². The van der Waals surface area contributed by atoms with Crippen LogP contribution in [0.5, 0.6) is 11.5 Å². The van der Waals surface area contributed by atoms with Gasteiger partial charge in [-0.25, -0.2) is 9.78 Å². The number of nitrogens with zero attached hydrogens (tertiary/aromatic N) is 2. The lowest BCUT2D eigenvalue weighted by molar-refractivity contribution is -0.176. The fourth-order valence-electron chi connectivity index (χ4n) is 4.27. The Morgan fingerprint density at radius 1 is 1.04 bits per heavy atom. The Morgan fingerprint density at radius 2 is 1.78 bits per heavy atom. The SMILES string of the molecule is COc1ccnc(C(=O)N[C@H]2COC(=O)[C@H](CCc3cccnc3)[C@@H](OC(=O)C(C)C)[C@H](C)OC2=O)c1OCOC(=O)C(C)C. The van der Waals surface area contributed by atoms with Gasteiger partial charge in [0.15, 0.2) is 29.3 Å². The predicted octanol–water partition coefficient (Wildman–Crippen LogP) is 2.42. The number of ether oxygens (including phenoxy) is 6. The molecular formula is C31H39N3O11. The molecular weight excluding hydrogens is 590 g/mol. The molecule has 2 aromatic heterocycles. The molecule has 0 aliphatic carbocycles. The van der Waals surface area contributed by atoms with Crippen LogP contribution in [0.2, 0.25) is 0 Å². The summed E-state index contributed by atoms with van der Waals surface area (Å²) in [6, 6.07) is 3.58. The van der Waals surface area contributed by atoms with Gasteiger partial charge in [-0.05, 0) is 31.4 Å². The first-order valence-corrected chi connectivity index (χ1v) is 14.5. The summed E-state index contributed by atoms with van der Waals surface area (Å²) in [5.41, 5.74) is 0.553. The van der Waals surface area contributed by atoms with E-state index in [1.54, 1.807) is 46.2 Å². The number of amides is 1. The Hall–Kier alpha value is -4.75. The molecule has 1 saturated heterocycles. The Kier molecular flexibility index (Phi) is 12.6. The summed E-state index contributed by atoms with van der Waals surface area (Å²) in [7, 11) is 1.34. The molecule has 0 unspecified atom stereocenters. The lowest BCUT2D eigenvalue weighted by atomic mass is 9.91. The summed E-state index contributed by atoms with van der Waals surface area (Å²) in [6.07, 6.45) is 2.94. The van der Waals surface area contributed by atoms with Crippen LogP contribution in [-0.2, 0) is 44.5 Å². The fraction of sp³-hybridized carbons (Fsp3) is 0.516. The Balaban J connectivity index is 1.83. The quantitative estimate of drug-likeness (QED) is 0.206. The predicted molar refractivity (Wildman–Crippen MR) is 156 cm³/mol. The normalized spacial score (nSPS) is 20.2. The Morgan fingerprint density at radius 3 is 2.42 bits per heavy atom. The number of carbonyl (C=O) groups is 5. The van der Waals surface area contributed by atoms with Crippen LogP contribution in [0.1, 0.15) is 57.1 Å². The van der Waals surface area contributed by atoms with Gasteiger partial charge in [-0.2, -0.15) is 0 Å². The van der Waals surface area contributed by atoms with Crippen molar-refractivity contribution in [2.24, 2.45) is 17.8 Å². The first-order chi connectivity index (χ1) is 21.4. The molecule has 1 amide bonds. The van der Waals surface area contributed by atoms with E-state index in [1.165, 1.54) is 26.3 Å². The van der Waals surface area contributed by atoms with Gasteiger partial charge in [0, 0.05) is 24.7 Å². The van der Waals surface area contributed by atoms with Crippen molar-refractivity contribution in [3.05, 3.63) is 48.0 Å². The van der Waals surface area contributed by atoms with Crippen LogP contribution in [0, 0.1) is 17.8 Å². The lowest BCUT2D eigenvalue weighted by Crippen LogP contribution is -2.47. The van der Waals surface area contributed by atoms with Gasteiger partial charge in [-0.15, -0.1) is 0 Å². The molecule has 3 heterocycles. The maximum absolute atomic E-state index is 13.4. The van der Waals surface area contributed by atoms with E-state index in [0.717, 1.165) is 5.56 Å². The van der Waals surface area contributed by atoms with Gasteiger partial charge >= 0.3 is 23.9 Å². The van der Waals surface area contributed by atoms with Gasteiger partial charge in [0.25, 0.3) is 5.91 Å². The average Bonchev–Trinajstić information content (AvgIpc) is 3.05. The monoisotopic (exact) mass is 629 g/mol. The van der Waals surface area contributed by atoms with E-state index in [1.807, 2.05) is 6.07 Å². The third kappa shape index (κ3) is 9.62. The minimum atomic E-state index is -1.46. The van der Waals surface area contributed by atoms with Gasteiger partial charge in [-0.3, -0.25) is 24.2 Å². The smallest absolute Gasteiger partial charge is 0.332 e. The highest BCUT2D eigenvalue weighted by molar-refractivity contribution is 5.98. The summed E-state index contributed by atoms with van der Waals surface area (Å²) >= 11 is 0. The van der Waals surface area contributed by atoms with Crippen molar-refractivity contribution < 1.29 is 52.4 Å². The van der Waals surface area contributed by atoms with Gasteiger partial charge in [0.1, 0.15) is 12.7 Å². The zero-order valence-corrected chi connectivity index (χ0v) is 26.1. The van der Waals surface area contributed by atoms with Crippen molar-refractivity contribution in [2.75, 3.05) is 20.5 Å². The van der Waals surface area contributed by atoms with Gasteiger partial charge < -0.3 is 33.7 Å². The molecule has 14 nitrogen and oxygen atoms in total. The van der Waals surface area contributed by atoms with Gasteiger partial charge in [-0.1, -0.05) is 33.8 Å². The molecule has 0 bridgehead atoms. The molecule has 3 rings (SSSR count). The highest BCUT2D eigenvalue weighted by Crippen LogP contribution is 2.30. The summed E-state index contributed by atoms with van der Waals surface area (Å²) in [4.78, 5) is 72.6.